The Morgan fingerprint density at radius 2 is 1.87 bits per heavy atom. The molecule has 6 nitrogen and oxygen atoms in total. The topological polar surface area (TPSA) is 64.4 Å². The first kappa shape index (κ1) is 21.3. The smallest absolute Gasteiger partial charge is 0.358 e. The van der Waals surface area contributed by atoms with Crippen LogP contribution in [0.4, 0.5) is 0 Å². The molecule has 0 unspecified atom stereocenters. The number of hydrogen-bond acceptors (Lipinski definition) is 5. The third kappa shape index (κ3) is 4.56. The summed E-state index contributed by atoms with van der Waals surface area (Å²) in [5.41, 5.74) is 3.53. The lowest BCUT2D eigenvalue weighted by atomic mass is 10.0. The molecule has 0 spiro atoms. The van der Waals surface area contributed by atoms with Gasteiger partial charge in [-0.15, -0.1) is 11.3 Å². The van der Waals surface area contributed by atoms with E-state index < -0.39 is 5.97 Å². The molecule has 1 amide bonds. The van der Waals surface area contributed by atoms with Crippen molar-refractivity contribution in [3.63, 3.8) is 0 Å². The molecule has 1 fully saturated rings. The van der Waals surface area contributed by atoms with E-state index in [-0.39, 0.29) is 11.9 Å². The summed E-state index contributed by atoms with van der Waals surface area (Å²) in [4.78, 5) is 27.7. The highest BCUT2D eigenvalue weighted by atomic mass is 32.1. The predicted octanol–water partition coefficient (Wildman–Crippen LogP) is 4.83. The van der Waals surface area contributed by atoms with Gasteiger partial charge in [0.05, 0.1) is 23.2 Å². The highest BCUT2D eigenvalue weighted by molar-refractivity contribution is 7.12. The van der Waals surface area contributed by atoms with Crippen molar-refractivity contribution in [2.24, 2.45) is 0 Å². The summed E-state index contributed by atoms with van der Waals surface area (Å²) >= 11 is 1.48. The number of carbonyl (C=O) groups excluding carboxylic acids is 2. The van der Waals surface area contributed by atoms with Gasteiger partial charge in [-0.1, -0.05) is 37.3 Å². The molecule has 4 rings (SSSR count). The van der Waals surface area contributed by atoms with E-state index in [1.807, 2.05) is 33.2 Å². The first-order valence-corrected chi connectivity index (χ1v) is 11.7. The Labute approximate surface area is 186 Å². The van der Waals surface area contributed by atoms with Crippen LogP contribution < -0.4 is 0 Å². The Bertz CT molecular complexity index is 1030. The maximum absolute atomic E-state index is 12.7. The van der Waals surface area contributed by atoms with Gasteiger partial charge in [-0.05, 0) is 54.8 Å². The molecule has 1 aromatic carbocycles. The van der Waals surface area contributed by atoms with Crippen molar-refractivity contribution in [1.29, 1.82) is 0 Å². The molecule has 3 aromatic rings. The Morgan fingerprint density at radius 3 is 2.48 bits per heavy atom. The minimum Gasteiger partial charge on any atom is -0.461 e. The van der Waals surface area contributed by atoms with Gasteiger partial charge in [0.25, 0.3) is 5.91 Å². The van der Waals surface area contributed by atoms with Crippen molar-refractivity contribution in [2.45, 2.75) is 39.2 Å². The largest absolute Gasteiger partial charge is 0.461 e. The lowest BCUT2D eigenvalue weighted by Crippen LogP contribution is -2.39. The second kappa shape index (κ2) is 9.47. The van der Waals surface area contributed by atoms with Crippen LogP contribution in [-0.4, -0.2) is 46.3 Å². The Morgan fingerprint density at radius 1 is 1.13 bits per heavy atom. The van der Waals surface area contributed by atoms with Gasteiger partial charge < -0.3 is 9.64 Å². The number of ether oxygens (including phenoxy) is 1. The molecular formula is C24H27N3O3S. The molecule has 0 aliphatic carbocycles. The summed E-state index contributed by atoms with van der Waals surface area (Å²) in [6.07, 6.45) is 2.56. The molecule has 2 aromatic heterocycles. The van der Waals surface area contributed by atoms with Crippen LogP contribution in [-0.2, 0) is 11.2 Å². The van der Waals surface area contributed by atoms with Crippen LogP contribution in [0.1, 0.15) is 58.5 Å². The lowest BCUT2D eigenvalue weighted by Gasteiger charge is -2.32. The number of amides is 1. The molecule has 0 bridgehead atoms. The van der Waals surface area contributed by atoms with E-state index in [1.165, 1.54) is 16.9 Å². The second-order valence-electron chi connectivity index (χ2n) is 7.63. The highest BCUT2D eigenvalue weighted by Gasteiger charge is 2.28. The number of thiophene rings is 1. The van der Waals surface area contributed by atoms with Crippen molar-refractivity contribution in [2.75, 3.05) is 19.7 Å². The third-order valence-electron chi connectivity index (χ3n) is 5.71. The van der Waals surface area contributed by atoms with Crippen LogP contribution >= 0.6 is 11.3 Å². The van der Waals surface area contributed by atoms with Crippen LogP contribution in [0.25, 0.3) is 11.3 Å². The van der Waals surface area contributed by atoms with Crippen LogP contribution in [0.2, 0.25) is 0 Å². The van der Waals surface area contributed by atoms with Gasteiger partial charge in [0.2, 0.25) is 0 Å². The zero-order valence-corrected chi connectivity index (χ0v) is 18.7. The maximum Gasteiger partial charge on any atom is 0.358 e. The molecule has 3 heterocycles. The van der Waals surface area contributed by atoms with E-state index in [2.05, 4.69) is 36.3 Å². The zero-order chi connectivity index (χ0) is 21.8. The molecule has 162 valence electrons. The van der Waals surface area contributed by atoms with Crippen molar-refractivity contribution < 1.29 is 14.3 Å². The molecule has 31 heavy (non-hydrogen) atoms. The number of rotatable bonds is 6. The molecule has 7 heteroatoms. The van der Waals surface area contributed by atoms with Gasteiger partial charge in [-0.2, -0.15) is 5.10 Å². The fourth-order valence-corrected chi connectivity index (χ4v) is 4.66. The average Bonchev–Trinajstić information content (AvgIpc) is 3.50. The highest BCUT2D eigenvalue weighted by Crippen LogP contribution is 2.31. The van der Waals surface area contributed by atoms with Crippen LogP contribution in [0, 0.1) is 0 Å². The first-order chi connectivity index (χ1) is 15.1. The number of aryl methyl sites for hydroxylation is 1. The monoisotopic (exact) mass is 437 g/mol. The van der Waals surface area contributed by atoms with Crippen molar-refractivity contribution >= 4 is 23.2 Å². The minimum atomic E-state index is -0.405. The van der Waals surface area contributed by atoms with Gasteiger partial charge >= 0.3 is 5.97 Å². The number of benzene rings is 1. The number of piperidine rings is 1. The molecule has 1 aliphatic rings. The summed E-state index contributed by atoms with van der Waals surface area (Å²) in [6, 6.07) is 14.1. The number of hydrogen-bond donors (Lipinski definition) is 0. The molecule has 0 N–H and O–H groups in total. The number of nitrogens with zero attached hydrogens (tertiary/aromatic N) is 3. The summed E-state index contributed by atoms with van der Waals surface area (Å²) in [6.45, 7) is 5.58. The lowest BCUT2D eigenvalue weighted by molar-refractivity contribution is 0.0517. The van der Waals surface area contributed by atoms with Gasteiger partial charge in [0.1, 0.15) is 0 Å². The van der Waals surface area contributed by atoms with E-state index in [9.17, 15) is 9.59 Å². The predicted molar refractivity (Wildman–Crippen MR) is 121 cm³/mol. The fourth-order valence-electron chi connectivity index (χ4n) is 3.97. The quantitative estimate of drug-likeness (QED) is 0.518. The number of esters is 1. The van der Waals surface area contributed by atoms with Crippen LogP contribution in [0.3, 0.4) is 0 Å². The third-order valence-corrected chi connectivity index (χ3v) is 6.57. The molecule has 1 aliphatic heterocycles. The van der Waals surface area contributed by atoms with Crippen molar-refractivity contribution in [1.82, 2.24) is 14.7 Å². The van der Waals surface area contributed by atoms with E-state index in [0.29, 0.717) is 25.4 Å². The van der Waals surface area contributed by atoms with Gasteiger partial charge in [-0.3, -0.25) is 9.48 Å². The van der Waals surface area contributed by atoms with Gasteiger partial charge in [0, 0.05) is 13.1 Å². The summed E-state index contributed by atoms with van der Waals surface area (Å²) in [7, 11) is 0. The maximum atomic E-state index is 12.7. The number of likely N-dealkylation sites (tertiary alicyclic amines) is 1. The molecule has 0 saturated carbocycles. The normalized spacial score (nSPS) is 14.6. The van der Waals surface area contributed by atoms with E-state index >= 15 is 0 Å². The van der Waals surface area contributed by atoms with Gasteiger partial charge in [0.15, 0.2) is 5.69 Å². The molecular weight excluding hydrogens is 410 g/mol. The minimum absolute atomic E-state index is 0.0940. The van der Waals surface area contributed by atoms with E-state index in [1.54, 1.807) is 6.92 Å². The van der Waals surface area contributed by atoms with Gasteiger partial charge in [-0.25, -0.2) is 4.79 Å². The Kier molecular flexibility index (Phi) is 6.51. The zero-order valence-electron chi connectivity index (χ0n) is 17.9. The SMILES string of the molecule is CCOC(=O)c1cc(-c2ccc(CC)cc2)n(C2CCN(C(=O)c3cccs3)CC2)n1. The average molecular weight is 438 g/mol. The van der Waals surface area contributed by atoms with Crippen molar-refractivity contribution in [3.05, 3.63) is 64.0 Å². The summed E-state index contributed by atoms with van der Waals surface area (Å²) in [5.74, 6) is -0.311. The number of carbonyl (C=O) groups is 2. The number of aromatic nitrogens is 2. The van der Waals surface area contributed by atoms with E-state index in [0.717, 1.165) is 35.4 Å². The standard InChI is InChI=1S/C24H27N3O3S/c1-3-17-7-9-18(10-8-17)21-16-20(24(29)30-4-2)25-27(21)19-11-13-26(14-12-19)23(28)22-6-5-15-31-22/h5-10,15-16,19H,3-4,11-14H2,1-2H3. The molecule has 1 saturated heterocycles. The summed E-state index contributed by atoms with van der Waals surface area (Å²) < 4.78 is 7.14. The molecule has 0 radical (unpaired) electrons. The Balaban J connectivity index is 1.57. The van der Waals surface area contributed by atoms with E-state index in [4.69, 9.17) is 4.74 Å². The molecule has 0 atom stereocenters. The Hall–Kier alpha value is -2.93. The summed E-state index contributed by atoms with van der Waals surface area (Å²) in [5, 5.41) is 6.56. The van der Waals surface area contributed by atoms with Crippen LogP contribution in [0.5, 0.6) is 0 Å². The first-order valence-electron chi connectivity index (χ1n) is 10.8. The van der Waals surface area contributed by atoms with Crippen molar-refractivity contribution in [3.8, 4) is 11.3 Å². The van der Waals surface area contributed by atoms with Crippen LogP contribution in [0.15, 0.2) is 47.8 Å². The fraction of sp³-hybridized carbons (Fsp3) is 0.375. The second-order valence-corrected chi connectivity index (χ2v) is 8.58.